The van der Waals surface area contributed by atoms with Crippen LogP contribution in [0.25, 0.3) is 0 Å². The average Bonchev–Trinajstić information content (AvgIpc) is 2.18. The van der Waals surface area contributed by atoms with Crippen molar-refractivity contribution in [2.45, 2.75) is 46.5 Å². The number of rotatable bonds is 2. The number of hydrogen-bond acceptors (Lipinski definition) is 4. The highest BCUT2D eigenvalue weighted by Crippen LogP contribution is 2.28. The van der Waals surface area contributed by atoms with Gasteiger partial charge in [-0.25, -0.2) is 0 Å². The fraction of sp³-hybridized carbons (Fsp3) is 0.583. The van der Waals surface area contributed by atoms with Gasteiger partial charge in [-0.15, -0.1) is 0 Å². The summed E-state index contributed by atoms with van der Waals surface area (Å²) in [5, 5.41) is 0. The van der Waals surface area contributed by atoms with Gasteiger partial charge in [-0.1, -0.05) is 0 Å². The molecule has 0 atom stereocenters. The van der Waals surface area contributed by atoms with E-state index in [0.717, 1.165) is 17.7 Å². The van der Waals surface area contributed by atoms with E-state index in [2.05, 4.69) is 0 Å². The minimum atomic E-state index is -0.425. The molecule has 0 unspecified atom stereocenters. The van der Waals surface area contributed by atoms with Gasteiger partial charge >= 0.3 is 5.97 Å². The average molecular weight is 239 g/mol. The van der Waals surface area contributed by atoms with Crippen molar-refractivity contribution in [2.24, 2.45) is 0 Å². The molecule has 0 N–H and O–H groups in total. The molecule has 0 heterocycles. The van der Waals surface area contributed by atoms with Crippen molar-refractivity contribution < 1.29 is 19.1 Å². The SMILES string of the molecule is CC(=O)OC1=C(N(C(C)=O)C(C)=O)CCCC1. The van der Waals surface area contributed by atoms with E-state index in [9.17, 15) is 14.4 Å². The van der Waals surface area contributed by atoms with E-state index < -0.39 is 5.97 Å². The molecule has 0 radical (unpaired) electrons. The largest absolute Gasteiger partial charge is 0.429 e. The number of nitrogens with zero attached hydrogens (tertiary/aromatic N) is 1. The Morgan fingerprint density at radius 3 is 2.00 bits per heavy atom. The molecular weight excluding hydrogens is 222 g/mol. The first-order valence-electron chi connectivity index (χ1n) is 5.65. The molecule has 5 nitrogen and oxygen atoms in total. The van der Waals surface area contributed by atoms with Gasteiger partial charge in [0.15, 0.2) is 0 Å². The molecule has 0 bridgehead atoms. The van der Waals surface area contributed by atoms with Crippen molar-refractivity contribution in [3.05, 3.63) is 11.5 Å². The first-order valence-corrected chi connectivity index (χ1v) is 5.65. The predicted molar refractivity (Wildman–Crippen MR) is 60.5 cm³/mol. The molecule has 0 aromatic carbocycles. The van der Waals surface area contributed by atoms with Gasteiger partial charge in [0, 0.05) is 27.2 Å². The zero-order chi connectivity index (χ0) is 13.0. The summed E-state index contributed by atoms with van der Waals surface area (Å²) in [4.78, 5) is 35.0. The molecule has 0 fully saturated rings. The van der Waals surface area contributed by atoms with Crippen molar-refractivity contribution in [3.63, 3.8) is 0 Å². The Hall–Kier alpha value is -1.65. The normalized spacial score (nSPS) is 15.5. The number of imide groups is 1. The maximum Gasteiger partial charge on any atom is 0.307 e. The van der Waals surface area contributed by atoms with Crippen molar-refractivity contribution >= 4 is 17.8 Å². The second-order valence-corrected chi connectivity index (χ2v) is 4.04. The standard InChI is InChI=1S/C12H17NO4/c1-8(14)13(9(2)15)11-6-4-5-7-12(11)17-10(3)16/h4-7H2,1-3H3. The molecule has 1 aliphatic carbocycles. The van der Waals surface area contributed by atoms with Crippen molar-refractivity contribution in [3.8, 4) is 0 Å². The van der Waals surface area contributed by atoms with Crippen LogP contribution in [-0.4, -0.2) is 22.7 Å². The van der Waals surface area contributed by atoms with E-state index in [1.807, 2.05) is 0 Å². The molecular formula is C12H17NO4. The first kappa shape index (κ1) is 13.4. The van der Waals surface area contributed by atoms with E-state index in [1.165, 1.54) is 20.8 Å². The van der Waals surface area contributed by atoms with Crippen LogP contribution < -0.4 is 0 Å². The van der Waals surface area contributed by atoms with Crippen LogP contribution in [0.4, 0.5) is 0 Å². The highest BCUT2D eigenvalue weighted by molar-refractivity contribution is 5.95. The van der Waals surface area contributed by atoms with Crippen LogP contribution in [0, 0.1) is 0 Å². The Morgan fingerprint density at radius 1 is 1.00 bits per heavy atom. The Kier molecular flexibility index (Phi) is 4.43. The number of amides is 2. The number of hydrogen-bond donors (Lipinski definition) is 0. The first-order chi connectivity index (χ1) is 7.93. The summed E-state index contributed by atoms with van der Waals surface area (Å²) in [7, 11) is 0. The van der Waals surface area contributed by atoms with Crippen LogP contribution in [0.1, 0.15) is 46.5 Å². The second-order valence-electron chi connectivity index (χ2n) is 4.04. The van der Waals surface area contributed by atoms with E-state index in [1.54, 1.807) is 0 Å². The van der Waals surface area contributed by atoms with Crippen molar-refractivity contribution in [1.82, 2.24) is 4.90 Å². The molecule has 94 valence electrons. The highest BCUT2D eigenvalue weighted by Gasteiger charge is 2.26. The summed E-state index contributed by atoms with van der Waals surface area (Å²) in [6.07, 6.45) is 2.96. The summed E-state index contributed by atoms with van der Waals surface area (Å²) in [6, 6.07) is 0. The van der Waals surface area contributed by atoms with Gasteiger partial charge in [0.25, 0.3) is 0 Å². The quantitative estimate of drug-likeness (QED) is 0.688. The molecule has 5 heteroatoms. The van der Waals surface area contributed by atoms with Crippen LogP contribution in [-0.2, 0) is 19.1 Å². The van der Waals surface area contributed by atoms with E-state index >= 15 is 0 Å². The lowest BCUT2D eigenvalue weighted by atomic mass is 10.0. The molecule has 0 aromatic rings. The fourth-order valence-corrected chi connectivity index (χ4v) is 1.98. The molecule has 0 aliphatic heterocycles. The predicted octanol–water partition coefficient (Wildman–Crippen LogP) is 1.73. The lowest BCUT2D eigenvalue weighted by Gasteiger charge is -2.26. The van der Waals surface area contributed by atoms with Crippen LogP contribution in [0.5, 0.6) is 0 Å². The Bertz CT molecular complexity index is 370. The van der Waals surface area contributed by atoms with Crippen LogP contribution in [0.3, 0.4) is 0 Å². The molecule has 17 heavy (non-hydrogen) atoms. The summed E-state index contributed by atoms with van der Waals surface area (Å²) >= 11 is 0. The summed E-state index contributed by atoms with van der Waals surface area (Å²) in [6.45, 7) is 3.97. The van der Waals surface area contributed by atoms with Gasteiger partial charge in [0.1, 0.15) is 5.76 Å². The molecule has 0 spiro atoms. The van der Waals surface area contributed by atoms with Crippen LogP contribution in [0.15, 0.2) is 11.5 Å². The summed E-state index contributed by atoms with van der Waals surface area (Å²) in [5.41, 5.74) is 0.534. The van der Waals surface area contributed by atoms with E-state index in [-0.39, 0.29) is 11.8 Å². The minimum absolute atomic E-state index is 0.348. The monoisotopic (exact) mass is 239 g/mol. The van der Waals surface area contributed by atoms with Gasteiger partial charge in [-0.2, -0.15) is 0 Å². The summed E-state index contributed by atoms with van der Waals surface area (Å²) < 4.78 is 5.08. The van der Waals surface area contributed by atoms with Crippen molar-refractivity contribution in [2.75, 3.05) is 0 Å². The smallest absolute Gasteiger partial charge is 0.307 e. The zero-order valence-corrected chi connectivity index (χ0v) is 10.4. The maximum atomic E-state index is 11.4. The van der Waals surface area contributed by atoms with Gasteiger partial charge in [-0.05, 0) is 19.3 Å². The molecule has 0 saturated heterocycles. The minimum Gasteiger partial charge on any atom is -0.429 e. The zero-order valence-electron chi connectivity index (χ0n) is 10.4. The number of carbonyl (C=O) groups is 3. The maximum absolute atomic E-state index is 11.4. The van der Waals surface area contributed by atoms with Gasteiger partial charge in [0.05, 0.1) is 5.70 Å². The van der Waals surface area contributed by atoms with Gasteiger partial charge in [-0.3, -0.25) is 19.3 Å². The molecule has 1 rings (SSSR count). The number of ether oxygens (including phenoxy) is 1. The third kappa shape index (κ3) is 3.41. The Morgan fingerprint density at radius 2 is 1.53 bits per heavy atom. The number of carbonyl (C=O) groups excluding carboxylic acids is 3. The van der Waals surface area contributed by atoms with E-state index in [4.69, 9.17) is 4.74 Å². The van der Waals surface area contributed by atoms with Crippen molar-refractivity contribution in [1.29, 1.82) is 0 Å². The van der Waals surface area contributed by atoms with Gasteiger partial charge in [0.2, 0.25) is 11.8 Å². The molecule has 0 aromatic heterocycles. The third-order valence-electron chi connectivity index (χ3n) is 2.56. The highest BCUT2D eigenvalue weighted by atomic mass is 16.5. The van der Waals surface area contributed by atoms with Crippen LogP contribution in [0.2, 0.25) is 0 Å². The Labute approximate surface area is 100 Å². The Balaban J connectivity index is 3.09. The van der Waals surface area contributed by atoms with Crippen LogP contribution >= 0.6 is 0 Å². The lowest BCUT2D eigenvalue weighted by Crippen LogP contribution is -2.34. The number of allylic oxidation sites excluding steroid dienone is 2. The van der Waals surface area contributed by atoms with Gasteiger partial charge < -0.3 is 4.74 Å². The fourth-order valence-electron chi connectivity index (χ4n) is 1.98. The second kappa shape index (κ2) is 5.61. The lowest BCUT2D eigenvalue weighted by molar-refractivity contribution is -0.142. The topological polar surface area (TPSA) is 63.7 Å². The summed E-state index contributed by atoms with van der Waals surface area (Å²) in [5.74, 6) is -0.668. The molecule has 2 amide bonds. The van der Waals surface area contributed by atoms with E-state index in [0.29, 0.717) is 24.3 Å². The number of esters is 1. The molecule has 1 aliphatic rings. The third-order valence-corrected chi connectivity index (χ3v) is 2.56. The molecule has 0 saturated carbocycles.